The number of nitriles is 2. The van der Waals surface area contributed by atoms with Gasteiger partial charge in [-0.3, -0.25) is 4.90 Å². The molecule has 1 aromatic rings. The lowest BCUT2D eigenvalue weighted by molar-refractivity contribution is -0.0329. The van der Waals surface area contributed by atoms with Gasteiger partial charge in [-0.15, -0.1) is 11.3 Å². The van der Waals surface area contributed by atoms with Crippen LogP contribution in [-0.2, 0) is 4.74 Å². The third-order valence-corrected chi connectivity index (χ3v) is 4.38. The second kappa shape index (κ2) is 7.35. The zero-order valence-electron chi connectivity index (χ0n) is 11.6. The third-order valence-electron chi connectivity index (χ3n) is 3.33. The van der Waals surface area contributed by atoms with Crippen molar-refractivity contribution in [3.05, 3.63) is 16.1 Å². The first-order valence-electron chi connectivity index (χ1n) is 6.75. The van der Waals surface area contributed by atoms with Crippen LogP contribution in [-0.4, -0.2) is 36.1 Å². The smallest absolute Gasteiger partial charge is 0.123 e. The van der Waals surface area contributed by atoms with Crippen LogP contribution in [0, 0.1) is 35.5 Å². The first-order valence-corrected chi connectivity index (χ1v) is 7.63. The van der Waals surface area contributed by atoms with Gasteiger partial charge in [-0.05, 0) is 13.3 Å². The van der Waals surface area contributed by atoms with E-state index in [1.165, 1.54) is 0 Å². The van der Waals surface area contributed by atoms with Gasteiger partial charge < -0.3 is 4.74 Å². The van der Waals surface area contributed by atoms with E-state index in [2.05, 4.69) is 22.0 Å². The summed E-state index contributed by atoms with van der Waals surface area (Å²) in [5.74, 6) is -0.0774. The maximum atomic E-state index is 9.14. The van der Waals surface area contributed by atoms with Crippen molar-refractivity contribution in [2.75, 3.05) is 26.2 Å². The lowest BCUT2D eigenvalue weighted by Crippen LogP contribution is -2.40. The van der Waals surface area contributed by atoms with Gasteiger partial charge in [0.05, 0.1) is 24.7 Å². The molecule has 0 spiro atoms. The van der Waals surface area contributed by atoms with Crippen molar-refractivity contribution in [3.8, 4) is 12.1 Å². The molecule has 1 aliphatic heterocycles. The Bertz CT molecular complexity index is 516. The molecule has 1 aliphatic rings. The molecule has 1 saturated heterocycles. The second-order valence-corrected chi connectivity index (χ2v) is 5.86. The molecule has 0 radical (unpaired) electrons. The Morgan fingerprint density at radius 3 is 3.10 bits per heavy atom. The van der Waals surface area contributed by atoms with Crippen molar-refractivity contribution in [2.24, 2.45) is 5.92 Å². The van der Waals surface area contributed by atoms with E-state index in [-0.39, 0.29) is 12.0 Å². The lowest BCUT2D eigenvalue weighted by Gasteiger charge is -2.32. The van der Waals surface area contributed by atoms with Crippen molar-refractivity contribution >= 4 is 11.3 Å². The Labute approximate surface area is 123 Å². The third kappa shape index (κ3) is 4.01. The largest absolute Gasteiger partial charge is 0.368 e. The van der Waals surface area contributed by atoms with E-state index in [9.17, 15) is 0 Å². The number of ether oxygens (including phenoxy) is 1. The summed E-state index contributed by atoms with van der Waals surface area (Å²) in [5.41, 5.74) is 1.02. The SMILES string of the molecule is Cc1csc([C@H]2CN(C[C@@H](C#N)CCC#N)CCO2)n1. The number of hydrogen-bond acceptors (Lipinski definition) is 6. The zero-order valence-corrected chi connectivity index (χ0v) is 12.4. The Hall–Kier alpha value is -1.47. The summed E-state index contributed by atoms with van der Waals surface area (Å²) in [6.07, 6.45) is 1.10. The minimum Gasteiger partial charge on any atom is -0.368 e. The van der Waals surface area contributed by atoms with Crippen molar-refractivity contribution in [1.82, 2.24) is 9.88 Å². The summed E-state index contributed by atoms with van der Waals surface area (Å²) in [6.45, 7) is 4.97. The normalized spacial score (nSPS) is 21.1. The number of hydrogen-bond donors (Lipinski definition) is 0. The minimum atomic E-state index is -0.0774. The van der Waals surface area contributed by atoms with E-state index in [4.69, 9.17) is 15.3 Å². The van der Waals surface area contributed by atoms with E-state index in [0.29, 0.717) is 26.0 Å². The highest BCUT2D eigenvalue weighted by molar-refractivity contribution is 7.09. The predicted octanol–water partition coefficient (Wildman–Crippen LogP) is 2.27. The number of thiazole rings is 1. The van der Waals surface area contributed by atoms with E-state index in [1.54, 1.807) is 11.3 Å². The molecule has 0 unspecified atom stereocenters. The Kier molecular flexibility index (Phi) is 5.49. The van der Waals surface area contributed by atoms with Crippen molar-refractivity contribution < 1.29 is 4.74 Å². The molecule has 0 aliphatic carbocycles. The predicted molar refractivity (Wildman–Crippen MR) is 75.9 cm³/mol. The highest BCUT2D eigenvalue weighted by Gasteiger charge is 2.25. The molecule has 2 heterocycles. The van der Waals surface area contributed by atoms with Crippen molar-refractivity contribution in [2.45, 2.75) is 25.9 Å². The van der Waals surface area contributed by atoms with Crippen LogP contribution in [0.15, 0.2) is 5.38 Å². The molecule has 0 saturated carbocycles. The first kappa shape index (κ1) is 14.9. The van der Waals surface area contributed by atoms with Crippen LogP contribution in [0.25, 0.3) is 0 Å². The van der Waals surface area contributed by atoms with Crippen LogP contribution < -0.4 is 0 Å². The Morgan fingerprint density at radius 2 is 2.45 bits per heavy atom. The van der Waals surface area contributed by atoms with Crippen LogP contribution in [0.4, 0.5) is 0 Å². The Morgan fingerprint density at radius 1 is 1.60 bits per heavy atom. The molecule has 1 aromatic heterocycles. The van der Waals surface area contributed by atoms with Gasteiger partial charge in [0.25, 0.3) is 0 Å². The maximum absolute atomic E-state index is 9.14. The summed E-state index contributed by atoms with van der Waals surface area (Å²) >= 11 is 1.63. The number of morpholine rings is 1. The number of nitrogens with zero attached hydrogens (tertiary/aromatic N) is 4. The highest BCUT2D eigenvalue weighted by Crippen LogP contribution is 2.25. The molecule has 2 rings (SSSR count). The van der Waals surface area contributed by atoms with Gasteiger partial charge in [-0.2, -0.15) is 10.5 Å². The maximum Gasteiger partial charge on any atom is 0.123 e. The van der Waals surface area contributed by atoms with Crippen LogP contribution in [0.1, 0.15) is 29.6 Å². The zero-order chi connectivity index (χ0) is 14.4. The molecule has 0 aromatic carbocycles. The molecule has 1 fully saturated rings. The molecule has 6 heteroatoms. The van der Waals surface area contributed by atoms with Crippen LogP contribution in [0.5, 0.6) is 0 Å². The highest BCUT2D eigenvalue weighted by atomic mass is 32.1. The average molecular weight is 290 g/mol. The van der Waals surface area contributed by atoms with Gasteiger partial charge in [0.1, 0.15) is 11.1 Å². The van der Waals surface area contributed by atoms with Gasteiger partial charge in [-0.1, -0.05) is 0 Å². The Balaban J connectivity index is 1.90. The topological polar surface area (TPSA) is 72.9 Å². The summed E-state index contributed by atoms with van der Waals surface area (Å²) in [5, 5.41) is 20.8. The molecule has 106 valence electrons. The molecule has 5 nitrogen and oxygen atoms in total. The lowest BCUT2D eigenvalue weighted by atomic mass is 10.0. The molecule has 0 amide bonds. The quantitative estimate of drug-likeness (QED) is 0.831. The van der Waals surface area contributed by atoms with E-state index in [1.807, 2.05) is 12.3 Å². The fraction of sp³-hybridized carbons (Fsp3) is 0.643. The van der Waals surface area contributed by atoms with Gasteiger partial charge in [0, 0.05) is 37.1 Å². The van der Waals surface area contributed by atoms with Crippen molar-refractivity contribution in [1.29, 1.82) is 10.5 Å². The van der Waals surface area contributed by atoms with E-state index >= 15 is 0 Å². The molecular weight excluding hydrogens is 272 g/mol. The monoisotopic (exact) mass is 290 g/mol. The number of aryl methyl sites for hydroxylation is 1. The van der Waals surface area contributed by atoms with Gasteiger partial charge in [0.2, 0.25) is 0 Å². The summed E-state index contributed by atoms with van der Waals surface area (Å²) < 4.78 is 5.77. The fourth-order valence-electron chi connectivity index (χ4n) is 2.28. The van der Waals surface area contributed by atoms with Crippen LogP contribution in [0.2, 0.25) is 0 Å². The van der Waals surface area contributed by atoms with Gasteiger partial charge in [-0.25, -0.2) is 4.98 Å². The summed E-state index contributed by atoms with van der Waals surface area (Å²) in [7, 11) is 0. The van der Waals surface area contributed by atoms with Gasteiger partial charge >= 0.3 is 0 Å². The standard InChI is InChI=1S/C14H18N4OS/c1-11-10-20-14(17-11)13-9-18(5-6-19-13)8-12(7-16)3-2-4-15/h10,12-13H,2-3,5-6,8-9H2,1H3/t12-,13-/m1/s1. The fourth-order valence-corrected chi connectivity index (χ4v) is 3.12. The molecule has 0 N–H and O–H groups in total. The van der Waals surface area contributed by atoms with E-state index < -0.39 is 0 Å². The molecule has 20 heavy (non-hydrogen) atoms. The minimum absolute atomic E-state index is 0.0118. The van der Waals surface area contributed by atoms with Crippen molar-refractivity contribution in [3.63, 3.8) is 0 Å². The van der Waals surface area contributed by atoms with E-state index in [0.717, 1.165) is 23.8 Å². The van der Waals surface area contributed by atoms with Crippen LogP contribution in [0.3, 0.4) is 0 Å². The van der Waals surface area contributed by atoms with Crippen LogP contribution >= 0.6 is 11.3 Å². The summed E-state index contributed by atoms with van der Waals surface area (Å²) in [4.78, 5) is 6.72. The molecule has 2 atom stereocenters. The van der Waals surface area contributed by atoms with Gasteiger partial charge in [0.15, 0.2) is 0 Å². The number of aromatic nitrogens is 1. The number of rotatable bonds is 5. The first-order chi connectivity index (χ1) is 9.72. The molecular formula is C14H18N4OS. The summed E-state index contributed by atoms with van der Waals surface area (Å²) in [6, 6.07) is 4.40. The second-order valence-electron chi connectivity index (χ2n) is 4.97. The molecule has 0 bridgehead atoms. The average Bonchev–Trinajstić information content (AvgIpc) is 2.90.